The molecule has 2 heteroatoms. The van der Waals surface area contributed by atoms with Gasteiger partial charge in [0, 0.05) is 16.3 Å². The highest BCUT2D eigenvalue weighted by atomic mass is 32.2. The average molecular weight is 299 g/mol. The van der Waals surface area contributed by atoms with Gasteiger partial charge in [0.05, 0.1) is 0 Å². The first kappa shape index (κ1) is 16.1. The van der Waals surface area contributed by atoms with Crippen molar-refractivity contribution in [3.63, 3.8) is 0 Å². The maximum Gasteiger partial charge on any atom is 0.0205 e. The van der Waals surface area contributed by atoms with Crippen LogP contribution in [0.1, 0.15) is 35.6 Å². The van der Waals surface area contributed by atoms with E-state index in [2.05, 4.69) is 69.4 Å². The molecule has 0 aromatic heterocycles. The molecule has 1 nitrogen and oxygen atoms in total. The van der Waals surface area contributed by atoms with Crippen LogP contribution in [0.5, 0.6) is 0 Å². The Morgan fingerprint density at radius 1 is 0.905 bits per heavy atom. The standard InChI is InChI=1S/C19H25NS/c1-5-10-20-13-17-7-9-19(16(4)11-17)21-18-8-6-14(2)15(3)12-18/h6-9,11-12,20H,5,10,13H2,1-4H3. The highest BCUT2D eigenvalue weighted by Gasteiger charge is 2.04. The van der Waals surface area contributed by atoms with E-state index in [1.54, 1.807) is 0 Å². The minimum absolute atomic E-state index is 0.962. The normalized spacial score (nSPS) is 10.9. The first-order valence-corrected chi connectivity index (χ1v) is 8.47. The van der Waals surface area contributed by atoms with Crippen molar-refractivity contribution in [3.05, 3.63) is 58.7 Å². The zero-order chi connectivity index (χ0) is 15.2. The Morgan fingerprint density at radius 2 is 1.71 bits per heavy atom. The molecule has 0 heterocycles. The second-order valence-corrected chi connectivity index (χ2v) is 6.74. The summed E-state index contributed by atoms with van der Waals surface area (Å²) in [5.41, 5.74) is 5.44. The van der Waals surface area contributed by atoms with Crippen LogP contribution in [-0.4, -0.2) is 6.54 Å². The highest BCUT2D eigenvalue weighted by molar-refractivity contribution is 7.99. The molecule has 0 saturated heterocycles. The van der Waals surface area contributed by atoms with E-state index < -0.39 is 0 Å². The van der Waals surface area contributed by atoms with Crippen molar-refractivity contribution in [1.82, 2.24) is 5.32 Å². The Hall–Kier alpha value is -1.25. The number of benzene rings is 2. The molecule has 0 amide bonds. The lowest BCUT2D eigenvalue weighted by atomic mass is 10.1. The van der Waals surface area contributed by atoms with Crippen molar-refractivity contribution in [1.29, 1.82) is 0 Å². The number of rotatable bonds is 6. The van der Waals surface area contributed by atoms with Gasteiger partial charge in [-0.15, -0.1) is 0 Å². The van der Waals surface area contributed by atoms with Crippen LogP contribution in [-0.2, 0) is 6.54 Å². The van der Waals surface area contributed by atoms with Crippen LogP contribution in [0.15, 0.2) is 46.2 Å². The fourth-order valence-corrected chi connectivity index (χ4v) is 3.23. The fourth-order valence-electron chi connectivity index (χ4n) is 2.25. The second kappa shape index (κ2) is 7.67. The van der Waals surface area contributed by atoms with Crippen LogP contribution in [0.2, 0.25) is 0 Å². The summed E-state index contributed by atoms with van der Waals surface area (Å²) in [6.45, 7) is 10.8. The number of hydrogen-bond donors (Lipinski definition) is 1. The van der Waals surface area contributed by atoms with Gasteiger partial charge >= 0.3 is 0 Å². The SMILES string of the molecule is CCCNCc1ccc(Sc2ccc(C)c(C)c2)c(C)c1. The summed E-state index contributed by atoms with van der Waals surface area (Å²) in [5.74, 6) is 0. The van der Waals surface area contributed by atoms with E-state index in [4.69, 9.17) is 0 Å². The third-order valence-electron chi connectivity index (χ3n) is 3.70. The van der Waals surface area contributed by atoms with Crippen molar-refractivity contribution in [3.8, 4) is 0 Å². The summed E-state index contributed by atoms with van der Waals surface area (Å²) in [6.07, 6.45) is 1.18. The maximum absolute atomic E-state index is 3.45. The molecule has 21 heavy (non-hydrogen) atoms. The molecule has 0 atom stereocenters. The van der Waals surface area contributed by atoms with E-state index >= 15 is 0 Å². The van der Waals surface area contributed by atoms with Gasteiger partial charge in [-0.3, -0.25) is 0 Å². The predicted octanol–water partition coefficient (Wildman–Crippen LogP) is 5.26. The number of nitrogens with one attached hydrogen (secondary N) is 1. The third kappa shape index (κ3) is 4.62. The molecule has 0 radical (unpaired) electrons. The predicted molar refractivity (Wildman–Crippen MR) is 93.2 cm³/mol. The van der Waals surface area contributed by atoms with Gasteiger partial charge in [-0.25, -0.2) is 0 Å². The smallest absolute Gasteiger partial charge is 0.0205 e. The summed E-state index contributed by atoms with van der Waals surface area (Å²) in [4.78, 5) is 2.66. The molecule has 2 aromatic rings. The zero-order valence-corrected chi connectivity index (χ0v) is 14.3. The molecule has 1 N–H and O–H groups in total. The molecule has 0 aliphatic heterocycles. The molecule has 0 bridgehead atoms. The third-order valence-corrected chi connectivity index (χ3v) is 4.87. The molecule has 112 valence electrons. The first-order valence-electron chi connectivity index (χ1n) is 7.65. The van der Waals surface area contributed by atoms with Crippen molar-refractivity contribution >= 4 is 11.8 Å². The van der Waals surface area contributed by atoms with Gasteiger partial charge in [-0.1, -0.05) is 36.9 Å². The molecular formula is C19H25NS. The molecule has 0 aliphatic carbocycles. The van der Waals surface area contributed by atoms with Crippen LogP contribution in [0.4, 0.5) is 0 Å². The number of aryl methyl sites for hydroxylation is 3. The Bertz CT molecular complexity index is 605. The quantitative estimate of drug-likeness (QED) is 0.730. The number of hydrogen-bond acceptors (Lipinski definition) is 2. The van der Waals surface area contributed by atoms with Crippen LogP contribution in [0.25, 0.3) is 0 Å². The lowest BCUT2D eigenvalue weighted by Crippen LogP contribution is -2.13. The lowest BCUT2D eigenvalue weighted by molar-refractivity contribution is 0.675. The summed E-state index contributed by atoms with van der Waals surface area (Å²) in [6, 6.07) is 13.5. The molecular weight excluding hydrogens is 274 g/mol. The van der Waals surface area contributed by atoms with Crippen LogP contribution < -0.4 is 5.32 Å². The van der Waals surface area contributed by atoms with Crippen molar-refractivity contribution < 1.29 is 0 Å². The molecule has 0 fully saturated rings. The maximum atomic E-state index is 3.45. The molecule has 0 saturated carbocycles. The Morgan fingerprint density at radius 3 is 2.38 bits per heavy atom. The molecule has 2 aromatic carbocycles. The van der Waals surface area contributed by atoms with Gasteiger partial charge in [0.1, 0.15) is 0 Å². The summed E-state index contributed by atoms with van der Waals surface area (Å²) in [7, 11) is 0. The van der Waals surface area contributed by atoms with Gasteiger partial charge in [0.25, 0.3) is 0 Å². The molecule has 2 rings (SSSR count). The molecule has 0 unspecified atom stereocenters. The lowest BCUT2D eigenvalue weighted by Gasteiger charge is -2.10. The van der Waals surface area contributed by atoms with Gasteiger partial charge < -0.3 is 5.32 Å². The Kier molecular flexibility index (Phi) is 5.89. The van der Waals surface area contributed by atoms with E-state index in [9.17, 15) is 0 Å². The topological polar surface area (TPSA) is 12.0 Å². The molecule has 0 aliphatic rings. The second-order valence-electron chi connectivity index (χ2n) is 5.62. The minimum atomic E-state index is 0.962. The van der Waals surface area contributed by atoms with Crippen molar-refractivity contribution in [2.45, 2.75) is 50.5 Å². The highest BCUT2D eigenvalue weighted by Crippen LogP contribution is 2.31. The first-order chi connectivity index (χ1) is 10.1. The fraction of sp³-hybridized carbons (Fsp3) is 0.368. The largest absolute Gasteiger partial charge is 0.313 e. The average Bonchev–Trinajstić information content (AvgIpc) is 2.46. The van der Waals surface area contributed by atoms with E-state index in [-0.39, 0.29) is 0 Å². The molecule has 0 spiro atoms. The van der Waals surface area contributed by atoms with Gasteiger partial charge in [-0.2, -0.15) is 0 Å². The van der Waals surface area contributed by atoms with Crippen LogP contribution in [0.3, 0.4) is 0 Å². The summed E-state index contributed by atoms with van der Waals surface area (Å²) in [5, 5.41) is 3.45. The zero-order valence-electron chi connectivity index (χ0n) is 13.5. The van der Waals surface area contributed by atoms with E-state index in [0.717, 1.165) is 13.1 Å². The van der Waals surface area contributed by atoms with E-state index in [1.165, 1.54) is 38.5 Å². The summed E-state index contributed by atoms with van der Waals surface area (Å²) < 4.78 is 0. The summed E-state index contributed by atoms with van der Waals surface area (Å²) >= 11 is 1.85. The van der Waals surface area contributed by atoms with Crippen LogP contribution >= 0.6 is 11.8 Å². The van der Waals surface area contributed by atoms with Gasteiger partial charge in [0.15, 0.2) is 0 Å². The van der Waals surface area contributed by atoms with Crippen LogP contribution in [0, 0.1) is 20.8 Å². The Labute approximate surface area is 133 Å². The minimum Gasteiger partial charge on any atom is -0.313 e. The van der Waals surface area contributed by atoms with Crippen molar-refractivity contribution in [2.24, 2.45) is 0 Å². The van der Waals surface area contributed by atoms with Gasteiger partial charge in [-0.05, 0) is 74.2 Å². The van der Waals surface area contributed by atoms with E-state index in [0.29, 0.717) is 0 Å². The monoisotopic (exact) mass is 299 g/mol. The Balaban J connectivity index is 2.08. The van der Waals surface area contributed by atoms with Gasteiger partial charge in [0.2, 0.25) is 0 Å². The van der Waals surface area contributed by atoms with E-state index in [1.807, 2.05) is 11.8 Å². The van der Waals surface area contributed by atoms with Crippen molar-refractivity contribution in [2.75, 3.05) is 6.54 Å².